The lowest BCUT2D eigenvalue weighted by Crippen LogP contribution is -2.53. The van der Waals surface area contributed by atoms with Crippen molar-refractivity contribution in [1.82, 2.24) is 19.2 Å². The number of carbonyl (C=O) groups excluding carboxylic acids is 1. The Morgan fingerprint density at radius 1 is 1.18 bits per heavy atom. The smallest absolute Gasteiger partial charge is 0.233 e. The van der Waals surface area contributed by atoms with Crippen LogP contribution in [0.15, 0.2) is 48.9 Å². The zero-order valence-corrected chi connectivity index (χ0v) is 17.1. The van der Waals surface area contributed by atoms with Crippen molar-refractivity contribution in [2.24, 2.45) is 0 Å². The van der Waals surface area contributed by atoms with E-state index >= 15 is 0 Å². The second-order valence-corrected chi connectivity index (χ2v) is 9.36. The Hall–Kier alpha value is -2.32. The molecule has 150 valence electrons. The summed E-state index contributed by atoms with van der Waals surface area (Å²) in [5.74, 6) is 0.0594. The lowest BCUT2D eigenvalue weighted by Gasteiger charge is -2.42. The van der Waals surface area contributed by atoms with Crippen molar-refractivity contribution in [2.45, 2.75) is 31.7 Å². The van der Waals surface area contributed by atoms with E-state index in [1.54, 1.807) is 37.5 Å². The Labute approximate surface area is 166 Å². The van der Waals surface area contributed by atoms with Gasteiger partial charge in [0.15, 0.2) is 0 Å². The molecule has 1 aromatic carbocycles. The summed E-state index contributed by atoms with van der Waals surface area (Å²) in [5, 5.41) is 0. The summed E-state index contributed by atoms with van der Waals surface area (Å²) in [5.41, 5.74) is 0.907. The summed E-state index contributed by atoms with van der Waals surface area (Å²) in [6.45, 7) is 2.69. The van der Waals surface area contributed by atoms with Gasteiger partial charge in [-0.05, 0) is 25.3 Å². The summed E-state index contributed by atoms with van der Waals surface area (Å²) in [6.07, 6.45) is 5.77. The van der Waals surface area contributed by atoms with E-state index in [-0.39, 0.29) is 11.7 Å². The highest BCUT2D eigenvalue weighted by atomic mass is 32.2. The van der Waals surface area contributed by atoms with Gasteiger partial charge in [0.05, 0.1) is 29.6 Å². The number of rotatable bonds is 6. The normalized spacial score (nSPS) is 17.2. The fraction of sp³-hybridized carbons (Fsp3) is 0.450. The average molecular weight is 403 g/mol. The van der Waals surface area contributed by atoms with Gasteiger partial charge in [-0.25, -0.2) is 12.7 Å². The maximum absolute atomic E-state index is 13.6. The van der Waals surface area contributed by atoms with Gasteiger partial charge in [0.25, 0.3) is 0 Å². The molecule has 0 bridgehead atoms. The van der Waals surface area contributed by atoms with Gasteiger partial charge in [0.2, 0.25) is 15.9 Å². The summed E-state index contributed by atoms with van der Waals surface area (Å²) in [6, 6.07) is 9.67. The summed E-state index contributed by atoms with van der Waals surface area (Å²) >= 11 is 0. The van der Waals surface area contributed by atoms with E-state index in [0.29, 0.717) is 38.2 Å². The molecule has 28 heavy (non-hydrogen) atoms. The Balaban J connectivity index is 1.87. The Morgan fingerprint density at radius 3 is 2.43 bits per heavy atom. The van der Waals surface area contributed by atoms with Crippen LogP contribution in [0, 0.1) is 0 Å². The standard InChI is InChI=1S/C20H26N4O3S/c1-3-28(26,27)24-13-9-20(10-14-24,17-7-5-4-6-8-17)19(25)23(2)16-18-15-21-11-12-22-18/h4-8,11-12,15H,3,9-10,13-14,16H2,1-2H3. The van der Waals surface area contributed by atoms with Crippen molar-refractivity contribution >= 4 is 15.9 Å². The number of piperidine rings is 1. The molecule has 1 aromatic heterocycles. The number of amides is 1. The summed E-state index contributed by atoms with van der Waals surface area (Å²) < 4.78 is 26.0. The largest absolute Gasteiger partial charge is 0.339 e. The van der Waals surface area contributed by atoms with Crippen LogP contribution in [-0.2, 0) is 26.8 Å². The third-order valence-corrected chi connectivity index (χ3v) is 7.31. The van der Waals surface area contributed by atoms with Crippen LogP contribution < -0.4 is 0 Å². The maximum Gasteiger partial charge on any atom is 0.233 e. The van der Waals surface area contributed by atoms with E-state index in [1.807, 2.05) is 30.3 Å². The topological polar surface area (TPSA) is 83.5 Å². The first kappa shape index (κ1) is 20.4. The molecule has 1 aliphatic rings. The van der Waals surface area contributed by atoms with Crippen LogP contribution in [-0.4, -0.2) is 59.4 Å². The van der Waals surface area contributed by atoms with Crippen molar-refractivity contribution in [1.29, 1.82) is 0 Å². The maximum atomic E-state index is 13.6. The lowest BCUT2D eigenvalue weighted by molar-refractivity contribution is -0.138. The van der Waals surface area contributed by atoms with Crippen LogP contribution in [0.25, 0.3) is 0 Å². The predicted molar refractivity (Wildman–Crippen MR) is 107 cm³/mol. The van der Waals surface area contributed by atoms with Crippen LogP contribution in [0.1, 0.15) is 31.0 Å². The minimum Gasteiger partial charge on any atom is -0.339 e. The molecule has 0 atom stereocenters. The van der Waals surface area contributed by atoms with Gasteiger partial charge in [0, 0.05) is 32.5 Å². The minimum absolute atomic E-state index is 0.0158. The zero-order valence-electron chi connectivity index (χ0n) is 16.3. The lowest BCUT2D eigenvalue weighted by atomic mass is 9.72. The molecular formula is C20H26N4O3S. The quantitative estimate of drug-likeness (QED) is 0.736. The monoisotopic (exact) mass is 402 g/mol. The van der Waals surface area contributed by atoms with Gasteiger partial charge in [-0.2, -0.15) is 0 Å². The summed E-state index contributed by atoms with van der Waals surface area (Å²) in [4.78, 5) is 23.5. The molecule has 0 aliphatic carbocycles. The van der Waals surface area contributed by atoms with Gasteiger partial charge >= 0.3 is 0 Å². The fourth-order valence-corrected chi connectivity index (χ4v) is 4.91. The molecule has 0 unspecified atom stereocenters. The number of aromatic nitrogens is 2. The Bertz CT molecular complexity index is 896. The molecule has 2 heterocycles. The average Bonchev–Trinajstić information content (AvgIpc) is 2.74. The number of benzene rings is 1. The van der Waals surface area contributed by atoms with E-state index in [9.17, 15) is 13.2 Å². The molecule has 7 nitrogen and oxygen atoms in total. The molecule has 1 amide bonds. The zero-order chi connectivity index (χ0) is 20.2. The van der Waals surface area contributed by atoms with Gasteiger partial charge in [-0.15, -0.1) is 0 Å². The second-order valence-electron chi connectivity index (χ2n) is 7.11. The number of nitrogens with zero attached hydrogens (tertiary/aromatic N) is 4. The number of sulfonamides is 1. The molecular weight excluding hydrogens is 376 g/mol. The number of hydrogen-bond donors (Lipinski definition) is 0. The second kappa shape index (κ2) is 8.36. The molecule has 3 rings (SSSR count). The first-order chi connectivity index (χ1) is 13.4. The van der Waals surface area contributed by atoms with E-state index < -0.39 is 15.4 Å². The molecule has 2 aromatic rings. The van der Waals surface area contributed by atoms with Crippen LogP contribution in [0.3, 0.4) is 0 Å². The van der Waals surface area contributed by atoms with Crippen molar-refractivity contribution < 1.29 is 13.2 Å². The van der Waals surface area contributed by atoms with E-state index in [2.05, 4.69) is 9.97 Å². The third-order valence-electron chi connectivity index (χ3n) is 5.43. The third kappa shape index (κ3) is 4.07. The Kier molecular flexibility index (Phi) is 6.10. The highest BCUT2D eigenvalue weighted by Gasteiger charge is 2.45. The fourth-order valence-electron chi connectivity index (χ4n) is 3.80. The van der Waals surface area contributed by atoms with E-state index in [0.717, 1.165) is 5.56 Å². The van der Waals surface area contributed by atoms with Crippen LogP contribution >= 0.6 is 0 Å². The molecule has 1 saturated heterocycles. The number of carbonyl (C=O) groups is 1. The Morgan fingerprint density at radius 2 is 1.86 bits per heavy atom. The highest BCUT2D eigenvalue weighted by Crippen LogP contribution is 2.38. The van der Waals surface area contributed by atoms with Crippen LogP contribution in [0.2, 0.25) is 0 Å². The molecule has 0 spiro atoms. The SMILES string of the molecule is CCS(=O)(=O)N1CCC(C(=O)N(C)Cc2cnccn2)(c2ccccc2)CC1. The van der Waals surface area contributed by atoms with Gasteiger partial charge < -0.3 is 4.90 Å². The molecule has 0 N–H and O–H groups in total. The first-order valence-corrected chi connectivity index (χ1v) is 11.0. The van der Waals surface area contributed by atoms with Crippen LogP contribution in [0.5, 0.6) is 0 Å². The van der Waals surface area contributed by atoms with E-state index in [4.69, 9.17) is 0 Å². The van der Waals surface area contributed by atoms with Crippen molar-refractivity contribution in [3.8, 4) is 0 Å². The predicted octanol–water partition coefficient (Wildman–Crippen LogP) is 1.82. The van der Waals surface area contributed by atoms with Crippen LogP contribution in [0.4, 0.5) is 0 Å². The molecule has 0 saturated carbocycles. The minimum atomic E-state index is -3.26. The molecule has 1 aliphatic heterocycles. The number of hydrogen-bond acceptors (Lipinski definition) is 5. The highest BCUT2D eigenvalue weighted by molar-refractivity contribution is 7.89. The number of likely N-dealkylation sites (N-methyl/N-ethyl adjacent to an activating group) is 1. The van der Waals surface area contributed by atoms with Gasteiger partial charge in [0.1, 0.15) is 0 Å². The first-order valence-electron chi connectivity index (χ1n) is 9.43. The molecule has 0 radical (unpaired) electrons. The van der Waals surface area contributed by atoms with Crippen molar-refractivity contribution in [3.63, 3.8) is 0 Å². The van der Waals surface area contributed by atoms with Gasteiger partial charge in [-0.1, -0.05) is 30.3 Å². The molecule has 8 heteroatoms. The molecule has 1 fully saturated rings. The van der Waals surface area contributed by atoms with Crippen molar-refractivity contribution in [2.75, 3.05) is 25.9 Å². The van der Waals surface area contributed by atoms with Crippen molar-refractivity contribution in [3.05, 3.63) is 60.2 Å². The van der Waals surface area contributed by atoms with Gasteiger partial charge in [-0.3, -0.25) is 14.8 Å². The summed E-state index contributed by atoms with van der Waals surface area (Å²) in [7, 11) is -1.50. The van der Waals surface area contributed by atoms with E-state index in [1.165, 1.54) is 4.31 Å².